The van der Waals surface area contributed by atoms with Crippen molar-refractivity contribution in [3.05, 3.63) is 87.5 Å². The van der Waals surface area contributed by atoms with Crippen LogP contribution in [0.25, 0.3) is 0 Å². The smallest absolute Gasteiger partial charge is 0.166 e. The summed E-state index contributed by atoms with van der Waals surface area (Å²) in [5.74, 6) is 0. The topological polar surface area (TPSA) is 0 Å². The van der Waals surface area contributed by atoms with E-state index in [1.165, 1.54) is 24.3 Å². The van der Waals surface area contributed by atoms with Gasteiger partial charge < -0.3 is 0 Å². The summed E-state index contributed by atoms with van der Waals surface area (Å²) in [6.07, 6.45) is -9.00. The van der Waals surface area contributed by atoms with Crippen molar-refractivity contribution in [1.29, 1.82) is 0 Å². The lowest BCUT2D eigenvalue weighted by atomic mass is 10.2. The highest BCUT2D eigenvalue weighted by Crippen LogP contribution is 2.72. The van der Waals surface area contributed by atoms with E-state index in [0.717, 1.165) is 27.8 Å². The molecule has 0 N–H and O–H groups in total. The van der Waals surface area contributed by atoms with Crippen LogP contribution < -0.4 is 0 Å². The fourth-order valence-corrected chi connectivity index (χ4v) is 6.33. The van der Waals surface area contributed by atoms with E-state index >= 15 is 0 Å². The summed E-state index contributed by atoms with van der Waals surface area (Å²) in [4.78, 5) is 1.40. The Morgan fingerprint density at radius 1 is 0.552 bits per heavy atom. The number of hydrogen-bond donors (Lipinski definition) is 0. The van der Waals surface area contributed by atoms with Crippen LogP contribution in [0, 0.1) is 3.57 Å². The minimum atomic E-state index is -4.50. The highest BCUT2D eigenvalue weighted by atomic mass is 127. The Kier molecular flexibility index (Phi) is 6.18. The van der Waals surface area contributed by atoms with Gasteiger partial charge >= 0.3 is 12.4 Å². The molecule has 0 saturated carbocycles. The van der Waals surface area contributed by atoms with Gasteiger partial charge in [0.1, 0.15) is 0 Å². The second-order valence-electron chi connectivity index (χ2n) is 6.04. The van der Waals surface area contributed by atoms with Gasteiger partial charge in [-0.15, -0.1) is 0 Å². The molecule has 0 bridgehead atoms. The fourth-order valence-electron chi connectivity index (χ4n) is 2.69. The van der Waals surface area contributed by atoms with Crippen LogP contribution in [0.5, 0.6) is 0 Å². The molecule has 3 aromatic rings. The van der Waals surface area contributed by atoms with Crippen LogP contribution >= 0.6 is 42.5 Å². The average Bonchev–Trinajstić information content (AvgIpc) is 2.67. The van der Waals surface area contributed by atoms with Gasteiger partial charge in [-0.05, 0) is 95.4 Å². The van der Waals surface area contributed by atoms with Gasteiger partial charge in [-0.2, -0.15) is 26.3 Å². The first-order valence-corrected chi connectivity index (χ1v) is 11.6. The van der Waals surface area contributed by atoms with Crippen molar-refractivity contribution in [2.45, 2.75) is 27.0 Å². The molecule has 154 valence electrons. The van der Waals surface area contributed by atoms with Gasteiger partial charge in [-0.1, -0.05) is 19.9 Å². The number of halogens is 8. The van der Waals surface area contributed by atoms with Crippen LogP contribution in [-0.2, 0) is 12.4 Å². The Labute approximate surface area is 182 Å². The minimum Gasteiger partial charge on any atom is -0.166 e. The van der Waals surface area contributed by atoms with Gasteiger partial charge in [0.05, 0.1) is 11.1 Å². The van der Waals surface area contributed by atoms with Crippen molar-refractivity contribution in [3.63, 3.8) is 0 Å². The highest BCUT2D eigenvalue weighted by molar-refractivity contribution is 14.1. The zero-order valence-electron chi connectivity index (χ0n) is 14.4. The SMILES string of the molecule is FC(F)(F)c1ccc(S(Cl)(c2ccc(I)cc2)c2ccc(C(F)(F)F)cc2)cc1. The second-order valence-corrected chi connectivity index (χ2v) is 11.2. The molecule has 0 radical (unpaired) electrons. The Morgan fingerprint density at radius 2 is 0.828 bits per heavy atom. The zero-order valence-corrected chi connectivity index (χ0v) is 18.1. The quantitative estimate of drug-likeness (QED) is 0.222. The fraction of sp³-hybridized carbons (Fsp3) is 0.100. The molecule has 0 aliphatic carbocycles. The van der Waals surface area contributed by atoms with Crippen LogP contribution in [0.4, 0.5) is 26.3 Å². The maximum Gasteiger partial charge on any atom is 0.416 e. The molecule has 0 amide bonds. The maximum absolute atomic E-state index is 12.9. The van der Waals surface area contributed by atoms with Crippen molar-refractivity contribution in [1.82, 2.24) is 0 Å². The molecule has 9 heteroatoms. The molecule has 0 aliphatic rings. The molecule has 0 nitrogen and oxygen atoms in total. The van der Waals surface area contributed by atoms with Crippen molar-refractivity contribution in [3.8, 4) is 0 Å². The van der Waals surface area contributed by atoms with E-state index in [1.807, 2.05) is 0 Å². The Bertz CT molecular complexity index is 922. The third-order valence-electron chi connectivity index (χ3n) is 4.15. The molecule has 29 heavy (non-hydrogen) atoms. The molecule has 0 aromatic heterocycles. The van der Waals surface area contributed by atoms with E-state index < -0.39 is 32.7 Å². The molecule has 0 unspecified atom stereocenters. The largest absolute Gasteiger partial charge is 0.416 e. The molecule has 0 aliphatic heterocycles. The summed E-state index contributed by atoms with van der Waals surface area (Å²) in [6.45, 7) is 0. The number of rotatable bonds is 3. The summed E-state index contributed by atoms with van der Waals surface area (Å²) in [5.41, 5.74) is -1.65. The average molecular weight is 561 g/mol. The molecule has 0 atom stereocenters. The molecular formula is C20H12ClF6IS. The van der Waals surface area contributed by atoms with E-state index in [1.54, 1.807) is 24.3 Å². The van der Waals surface area contributed by atoms with Crippen molar-refractivity contribution in [2.75, 3.05) is 0 Å². The lowest BCUT2D eigenvalue weighted by Gasteiger charge is -2.34. The summed E-state index contributed by atoms with van der Waals surface area (Å²) in [7, 11) is 4.44. The van der Waals surface area contributed by atoms with Crippen LogP contribution in [0.3, 0.4) is 0 Å². The van der Waals surface area contributed by atoms with Gasteiger partial charge in [0.15, 0.2) is 0 Å². The standard InChI is InChI=1S/C20H12ClF6IS/c21-29(18-11-5-15(28)6-12-18,16-7-1-13(2-8-16)19(22,23)24)17-9-3-14(4-10-17)20(25,26)27/h1-12H. The molecule has 0 saturated heterocycles. The minimum absolute atomic E-state index is 0.396. The van der Waals surface area contributed by atoms with Crippen LogP contribution in [0.2, 0.25) is 0 Å². The van der Waals surface area contributed by atoms with Gasteiger partial charge in [0, 0.05) is 18.3 Å². The second kappa shape index (κ2) is 8.03. The Morgan fingerprint density at radius 3 is 1.10 bits per heavy atom. The molecule has 0 spiro atoms. The lowest BCUT2D eigenvalue weighted by molar-refractivity contribution is -0.138. The normalized spacial score (nSPS) is 13.4. The van der Waals surface area contributed by atoms with Gasteiger partial charge in [-0.25, -0.2) is 0 Å². The highest BCUT2D eigenvalue weighted by Gasteiger charge is 2.34. The van der Waals surface area contributed by atoms with Crippen molar-refractivity contribution < 1.29 is 26.3 Å². The van der Waals surface area contributed by atoms with Gasteiger partial charge in [-0.3, -0.25) is 0 Å². The first-order chi connectivity index (χ1) is 13.4. The molecule has 0 heterocycles. The number of alkyl halides is 6. The first-order valence-electron chi connectivity index (χ1n) is 8.05. The third-order valence-corrected chi connectivity index (χ3v) is 9.24. The van der Waals surface area contributed by atoms with E-state index in [-0.39, 0.29) is 0 Å². The summed E-state index contributed by atoms with van der Waals surface area (Å²) in [6, 6.07) is 15.9. The zero-order chi connectivity index (χ0) is 21.4. The Balaban J connectivity index is 2.16. The first kappa shape index (κ1) is 22.3. The summed E-state index contributed by atoms with van der Waals surface area (Å²) >= 11 is 2.10. The van der Waals surface area contributed by atoms with E-state index in [4.69, 9.17) is 10.7 Å². The lowest BCUT2D eigenvalue weighted by Crippen LogP contribution is -2.06. The molecule has 3 rings (SSSR count). The van der Waals surface area contributed by atoms with Gasteiger partial charge in [0.25, 0.3) is 0 Å². The summed E-state index contributed by atoms with van der Waals surface area (Å²) in [5, 5.41) is 0. The Hall–Kier alpha value is -1.39. The van der Waals surface area contributed by atoms with E-state index in [9.17, 15) is 26.3 Å². The molecule has 0 fully saturated rings. The predicted molar refractivity (Wildman–Crippen MR) is 110 cm³/mol. The van der Waals surface area contributed by atoms with Crippen LogP contribution in [-0.4, -0.2) is 0 Å². The van der Waals surface area contributed by atoms with Gasteiger partial charge in [0.2, 0.25) is 0 Å². The maximum atomic E-state index is 12.9. The molecular weight excluding hydrogens is 549 g/mol. The van der Waals surface area contributed by atoms with Crippen molar-refractivity contribution in [2.24, 2.45) is 0 Å². The van der Waals surface area contributed by atoms with Crippen molar-refractivity contribution >= 4 is 42.5 Å². The monoisotopic (exact) mass is 560 g/mol. The number of benzene rings is 3. The third kappa shape index (κ3) is 4.69. The van der Waals surface area contributed by atoms with E-state index in [0.29, 0.717) is 14.7 Å². The van der Waals surface area contributed by atoms with Crippen LogP contribution in [0.1, 0.15) is 11.1 Å². The number of hydrogen-bond acceptors (Lipinski definition) is 0. The predicted octanol–water partition coefficient (Wildman–Crippen LogP) is 8.76. The van der Waals surface area contributed by atoms with E-state index in [2.05, 4.69) is 22.6 Å². The summed E-state index contributed by atoms with van der Waals surface area (Å²) < 4.78 is 78.5. The molecule has 3 aromatic carbocycles. The van der Waals surface area contributed by atoms with Crippen LogP contribution in [0.15, 0.2) is 87.5 Å².